The van der Waals surface area contributed by atoms with E-state index in [1.807, 2.05) is 5.32 Å². The summed E-state index contributed by atoms with van der Waals surface area (Å²) in [5, 5.41) is 4.60. The van der Waals surface area contributed by atoms with Gasteiger partial charge in [0.2, 0.25) is 0 Å². The zero-order valence-corrected chi connectivity index (χ0v) is 15.6. The Labute approximate surface area is 148 Å². The van der Waals surface area contributed by atoms with Crippen LogP contribution in [0.3, 0.4) is 0 Å². The number of alkyl carbamates (subject to hydrolysis) is 1. The Morgan fingerprint density at radius 3 is 2.46 bits per heavy atom. The average Bonchev–Trinajstić information content (AvgIpc) is 2.41. The number of ether oxygens (including phenoxy) is 1. The van der Waals surface area contributed by atoms with Gasteiger partial charge >= 0.3 is 6.09 Å². The zero-order chi connectivity index (χ0) is 18.5. The van der Waals surface area contributed by atoms with E-state index in [4.69, 9.17) is 4.74 Å². The number of hydrogen-bond donors (Lipinski definition) is 2. The number of amides is 1. The van der Waals surface area contributed by atoms with E-state index in [-0.39, 0.29) is 5.56 Å². The summed E-state index contributed by atoms with van der Waals surface area (Å²) in [7, 11) is 0. The number of alkyl halides is 2. The summed E-state index contributed by atoms with van der Waals surface area (Å²) in [5.41, 5.74) is -0.472. The fourth-order valence-corrected chi connectivity index (χ4v) is 2.18. The van der Waals surface area contributed by atoms with Gasteiger partial charge in [0.1, 0.15) is 11.4 Å². The lowest BCUT2D eigenvalue weighted by atomic mass is 10.1. The fourth-order valence-electron chi connectivity index (χ4n) is 1.84. The molecule has 136 valence electrons. The quantitative estimate of drug-likeness (QED) is 0.730. The second-order valence-electron chi connectivity index (χ2n) is 6.48. The summed E-state index contributed by atoms with van der Waals surface area (Å²) in [4.78, 5) is 11.4. The maximum Gasteiger partial charge on any atom is 0.407 e. The number of benzene rings is 1. The highest BCUT2D eigenvalue weighted by Crippen LogP contribution is 2.22. The lowest BCUT2D eigenvalue weighted by molar-refractivity contribution is -0.00531. The minimum atomic E-state index is -3.20. The van der Waals surface area contributed by atoms with E-state index in [1.54, 1.807) is 33.8 Å². The monoisotopic (exact) mass is 410 g/mol. The number of halogens is 4. The molecule has 8 heteroatoms. The van der Waals surface area contributed by atoms with Crippen LogP contribution < -0.4 is 10.6 Å². The van der Waals surface area contributed by atoms with E-state index in [9.17, 15) is 18.0 Å². The number of nitrogens with one attached hydrogen (secondary N) is 2. The largest absolute Gasteiger partial charge is 0.444 e. The van der Waals surface area contributed by atoms with Gasteiger partial charge in [-0.1, -0.05) is 22.0 Å². The molecule has 0 fully saturated rings. The zero-order valence-electron chi connectivity index (χ0n) is 14.1. The van der Waals surface area contributed by atoms with Crippen molar-refractivity contribution in [3.63, 3.8) is 0 Å². The molecule has 0 bridgehead atoms. The molecule has 1 aromatic rings. The molecule has 0 saturated carbocycles. The van der Waals surface area contributed by atoms with Gasteiger partial charge in [-0.3, -0.25) is 0 Å². The van der Waals surface area contributed by atoms with Gasteiger partial charge in [-0.2, -0.15) is 0 Å². The topological polar surface area (TPSA) is 50.4 Å². The maximum absolute atomic E-state index is 13.8. The Bertz CT molecular complexity index is 577. The van der Waals surface area contributed by atoms with Crippen LogP contribution in [0.15, 0.2) is 22.7 Å². The van der Waals surface area contributed by atoms with Crippen molar-refractivity contribution in [1.29, 1.82) is 0 Å². The second-order valence-corrected chi connectivity index (χ2v) is 7.40. The van der Waals surface area contributed by atoms with Crippen LogP contribution in [0.25, 0.3) is 0 Å². The third-order valence-corrected chi connectivity index (χ3v) is 3.48. The number of hydrogen-bond acceptors (Lipinski definition) is 3. The van der Waals surface area contributed by atoms with Crippen molar-refractivity contribution in [1.82, 2.24) is 10.6 Å². The van der Waals surface area contributed by atoms with E-state index in [0.29, 0.717) is 4.47 Å². The number of rotatable bonds is 6. The summed E-state index contributed by atoms with van der Waals surface area (Å²) in [5.74, 6) is -3.68. The van der Waals surface area contributed by atoms with Crippen molar-refractivity contribution < 1.29 is 22.7 Å². The molecule has 1 aromatic carbocycles. The Hall–Kier alpha value is -1.28. The summed E-state index contributed by atoms with van der Waals surface area (Å²) in [6.45, 7) is 4.93. The predicted molar refractivity (Wildman–Crippen MR) is 89.7 cm³/mol. The molecular formula is C16H22BrF3N2O2. The van der Waals surface area contributed by atoms with Crippen molar-refractivity contribution >= 4 is 22.0 Å². The van der Waals surface area contributed by atoms with Crippen LogP contribution in [-0.4, -0.2) is 30.7 Å². The first-order valence-electron chi connectivity index (χ1n) is 7.43. The van der Waals surface area contributed by atoms with Crippen molar-refractivity contribution in [3.8, 4) is 0 Å². The van der Waals surface area contributed by atoms with Crippen molar-refractivity contribution in [3.05, 3.63) is 34.1 Å². The molecule has 0 saturated heterocycles. The Kier molecular flexibility index (Phi) is 7.10. The molecule has 1 amide bonds. The highest BCUT2D eigenvalue weighted by atomic mass is 79.9. The number of carbonyl (C=O) groups excluding carboxylic acids is 1. The SMILES string of the molecule is CC(NCC(F)(F)CNC(=O)OC(C)(C)C)c1ccc(Br)cc1F. The van der Waals surface area contributed by atoms with Crippen LogP contribution in [0, 0.1) is 5.82 Å². The third-order valence-electron chi connectivity index (χ3n) is 2.99. The van der Waals surface area contributed by atoms with E-state index < -0.39 is 42.6 Å². The molecule has 0 aliphatic rings. The lowest BCUT2D eigenvalue weighted by Gasteiger charge is -2.23. The van der Waals surface area contributed by atoms with Crippen LogP contribution in [0.4, 0.5) is 18.0 Å². The summed E-state index contributed by atoms with van der Waals surface area (Å²) in [6, 6.07) is 3.83. The van der Waals surface area contributed by atoms with Crippen LogP contribution in [0.1, 0.15) is 39.3 Å². The summed E-state index contributed by atoms with van der Waals surface area (Å²) >= 11 is 3.14. The van der Waals surface area contributed by atoms with E-state index in [0.717, 1.165) is 0 Å². The van der Waals surface area contributed by atoms with Gasteiger partial charge in [-0.05, 0) is 39.8 Å². The first-order chi connectivity index (χ1) is 10.9. The average molecular weight is 411 g/mol. The van der Waals surface area contributed by atoms with Crippen LogP contribution in [0.5, 0.6) is 0 Å². The minimum Gasteiger partial charge on any atom is -0.444 e. The Morgan fingerprint density at radius 2 is 1.92 bits per heavy atom. The van der Waals surface area contributed by atoms with Crippen molar-refractivity contribution in [2.45, 2.75) is 45.3 Å². The lowest BCUT2D eigenvalue weighted by Crippen LogP contribution is -2.45. The maximum atomic E-state index is 13.8. The normalized spacial score (nSPS) is 13.5. The van der Waals surface area contributed by atoms with Crippen LogP contribution in [-0.2, 0) is 4.74 Å². The van der Waals surface area contributed by atoms with Gasteiger partial charge in [0, 0.05) is 16.1 Å². The molecule has 0 aromatic heterocycles. The van der Waals surface area contributed by atoms with Gasteiger partial charge in [0.15, 0.2) is 0 Å². The standard InChI is InChI=1S/C16H22BrF3N2O2/c1-10(12-6-5-11(17)7-13(12)18)21-8-16(19,20)9-22-14(23)24-15(2,3)4/h5-7,10,21H,8-9H2,1-4H3,(H,22,23). The second kappa shape index (κ2) is 8.20. The molecule has 0 aliphatic carbocycles. The van der Waals surface area contributed by atoms with E-state index in [1.165, 1.54) is 12.1 Å². The molecular weight excluding hydrogens is 389 g/mol. The molecule has 2 N–H and O–H groups in total. The highest BCUT2D eigenvalue weighted by Gasteiger charge is 2.31. The van der Waals surface area contributed by atoms with E-state index in [2.05, 4.69) is 21.2 Å². The molecule has 0 aliphatic heterocycles. The van der Waals surface area contributed by atoms with Crippen molar-refractivity contribution in [2.75, 3.05) is 13.1 Å². The minimum absolute atomic E-state index is 0.286. The molecule has 24 heavy (non-hydrogen) atoms. The molecule has 4 nitrogen and oxygen atoms in total. The molecule has 1 atom stereocenters. The molecule has 0 radical (unpaired) electrons. The van der Waals surface area contributed by atoms with Gasteiger partial charge in [0.25, 0.3) is 5.92 Å². The first-order valence-corrected chi connectivity index (χ1v) is 8.22. The Balaban J connectivity index is 2.51. The highest BCUT2D eigenvalue weighted by molar-refractivity contribution is 9.10. The molecule has 0 heterocycles. The molecule has 0 spiro atoms. The molecule has 1 unspecified atom stereocenters. The summed E-state index contributed by atoms with van der Waals surface area (Å²) < 4.78 is 46.9. The smallest absolute Gasteiger partial charge is 0.407 e. The predicted octanol–water partition coefficient (Wildman–Crippen LogP) is 4.40. The fraction of sp³-hybridized carbons (Fsp3) is 0.562. The Morgan fingerprint density at radius 1 is 1.29 bits per heavy atom. The van der Waals surface area contributed by atoms with Gasteiger partial charge < -0.3 is 15.4 Å². The van der Waals surface area contributed by atoms with Gasteiger partial charge in [-0.25, -0.2) is 18.0 Å². The molecule has 1 rings (SSSR count). The van der Waals surface area contributed by atoms with E-state index >= 15 is 0 Å². The van der Waals surface area contributed by atoms with Crippen LogP contribution >= 0.6 is 15.9 Å². The van der Waals surface area contributed by atoms with Gasteiger partial charge in [0.05, 0.1) is 13.1 Å². The van der Waals surface area contributed by atoms with Crippen LogP contribution in [0.2, 0.25) is 0 Å². The summed E-state index contributed by atoms with van der Waals surface area (Å²) in [6.07, 6.45) is -0.908. The first kappa shape index (κ1) is 20.8. The third kappa shape index (κ3) is 7.53. The van der Waals surface area contributed by atoms with Crippen molar-refractivity contribution in [2.24, 2.45) is 0 Å². The number of carbonyl (C=O) groups is 1. The van der Waals surface area contributed by atoms with Gasteiger partial charge in [-0.15, -0.1) is 0 Å².